The highest BCUT2D eigenvalue weighted by molar-refractivity contribution is 7.07. The second-order valence-corrected chi connectivity index (χ2v) is 5.03. The smallest absolute Gasteiger partial charge is 0.0900 e. The molecule has 2 rings (SSSR count). The van der Waals surface area contributed by atoms with E-state index in [1.807, 2.05) is 0 Å². The van der Waals surface area contributed by atoms with E-state index >= 15 is 0 Å². The van der Waals surface area contributed by atoms with Gasteiger partial charge in [-0.25, -0.2) is 0 Å². The van der Waals surface area contributed by atoms with E-state index in [-0.39, 0.29) is 5.60 Å². The minimum atomic E-state index is -0.384. The Balaban J connectivity index is 1.78. The zero-order valence-electron chi connectivity index (χ0n) is 8.57. The Bertz CT molecular complexity index is 277. The molecule has 0 aromatic carbocycles. The fraction of sp³-hybridized carbons (Fsp3) is 0.636. The fourth-order valence-corrected chi connectivity index (χ4v) is 2.82. The summed E-state index contributed by atoms with van der Waals surface area (Å²) in [6.07, 6.45) is 2.01. The number of hydrogen-bond donors (Lipinski definition) is 1. The van der Waals surface area contributed by atoms with E-state index < -0.39 is 0 Å². The number of nitrogens with zero attached hydrogens (tertiary/aromatic N) is 1. The molecule has 1 aliphatic rings. The van der Waals surface area contributed by atoms with Crippen molar-refractivity contribution in [3.05, 3.63) is 22.4 Å². The summed E-state index contributed by atoms with van der Waals surface area (Å²) in [5.41, 5.74) is 0.985. The van der Waals surface area contributed by atoms with Crippen molar-refractivity contribution < 1.29 is 5.11 Å². The van der Waals surface area contributed by atoms with E-state index in [0.717, 1.165) is 32.5 Å². The van der Waals surface area contributed by atoms with Crippen LogP contribution in [0.25, 0.3) is 0 Å². The second-order valence-electron chi connectivity index (χ2n) is 4.25. The van der Waals surface area contributed by atoms with Crippen LogP contribution < -0.4 is 0 Å². The topological polar surface area (TPSA) is 23.5 Å². The molecule has 1 saturated heterocycles. The van der Waals surface area contributed by atoms with Crippen molar-refractivity contribution in [1.82, 2.24) is 4.90 Å². The van der Waals surface area contributed by atoms with Gasteiger partial charge in [-0.1, -0.05) is 13.3 Å². The predicted octanol–water partition coefficient (Wildman–Crippen LogP) is 2.09. The van der Waals surface area contributed by atoms with Crippen LogP contribution in [0.4, 0.5) is 0 Å². The van der Waals surface area contributed by atoms with Crippen LogP contribution >= 0.6 is 11.3 Å². The van der Waals surface area contributed by atoms with E-state index in [0.29, 0.717) is 0 Å². The average molecular weight is 211 g/mol. The molecular weight excluding hydrogens is 194 g/mol. The first-order valence-electron chi connectivity index (χ1n) is 5.18. The van der Waals surface area contributed by atoms with Gasteiger partial charge in [-0.15, -0.1) is 0 Å². The fourth-order valence-electron chi connectivity index (χ4n) is 2.16. The highest BCUT2D eigenvalue weighted by Gasteiger charge is 2.39. The van der Waals surface area contributed by atoms with Gasteiger partial charge in [0, 0.05) is 19.6 Å². The zero-order chi connectivity index (χ0) is 10.0. The quantitative estimate of drug-likeness (QED) is 0.824. The van der Waals surface area contributed by atoms with Crippen LogP contribution in [0.5, 0.6) is 0 Å². The number of rotatable bonds is 4. The first kappa shape index (κ1) is 10.1. The molecule has 14 heavy (non-hydrogen) atoms. The summed E-state index contributed by atoms with van der Waals surface area (Å²) in [7, 11) is 0. The van der Waals surface area contributed by atoms with Crippen LogP contribution in [-0.2, 0) is 6.54 Å². The van der Waals surface area contributed by atoms with Crippen molar-refractivity contribution in [3.63, 3.8) is 0 Å². The monoisotopic (exact) mass is 211 g/mol. The summed E-state index contributed by atoms with van der Waals surface area (Å²) in [4.78, 5) is 2.30. The van der Waals surface area contributed by atoms with Gasteiger partial charge >= 0.3 is 0 Å². The molecule has 3 heteroatoms. The Morgan fingerprint density at radius 2 is 2.36 bits per heavy atom. The molecule has 0 amide bonds. The van der Waals surface area contributed by atoms with Crippen molar-refractivity contribution in [2.75, 3.05) is 13.1 Å². The van der Waals surface area contributed by atoms with Crippen molar-refractivity contribution >= 4 is 11.3 Å². The summed E-state index contributed by atoms with van der Waals surface area (Å²) in [6.45, 7) is 4.81. The van der Waals surface area contributed by atoms with Gasteiger partial charge in [0.05, 0.1) is 5.60 Å². The Labute approximate surface area is 89.2 Å². The summed E-state index contributed by atoms with van der Waals surface area (Å²) in [5.74, 6) is 0. The maximum absolute atomic E-state index is 9.97. The molecule has 1 aromatic heterocycles. The van der Waals surface area contributed by atoms with Gasteiger partial charge in [0.25, 0.3) is 0 Å². The third-order valence-corrected chi connectivity index (χ3v) is 3.47. The molecule has 2 nitrogen and oxygen atoms in total. The lowest BCUT2D eigenvalue weighted by molar-refractivity contribution is -0.106. The normalized spacial score (nSPS) is 20.7. The Morgan fingerprint density at radius 3 is 2.93 bits per heavy atom. The number of aliphatic hydroxyl groups is 1. The maximum Gasteiger partial charge on any atom is 0.0900 e. The molecule has 0 aliphatic carbocycles. The highest BCUT2D eigenvalue weighted by Crippen LogP contribution is 2.27. The van der Waals surface area contributed by atoms with Crippen LogP contribution in [0.2, 0.25) is 0 Å². The van der Waals surface area contributed by atoms with Crippen LogP contribution in [0, 0.1) is 0 Å². The molecule has 2 heterocycles. The summed E-state index contributed by atoms with van der Waals surface area (Å²) >= 11 is 1.74. The van der Waals surface area contributed by atoms with Crippen LogP contribution in [0.3, 0.4) is 0 Å². The van der Waals surface area contributed by atoms with E-state index in [1.54, 1.807) is 11.3 Å². The third-order valence-electron chi connectivity index (χ3n) is 2.74. The molecule has 0 saturated carbocycles. The van der Waals surface area contributed by atoms with Crippen molar-refractivity contribution in [3.8, 4) is 0 Å². The minimum absolute atomic E-state index is 0.384. The highest BCUT2D eigenvalue weighted by atomic mass is 32.1. The predicted molar refractivity (Wildman–Crippen MR) is 59.5 cm³/mol. The summed E-state index contributed by atoms with van der Waals surface area (Å²) in [5, 5.41) is 14.3. The minimum Gasteiger partial charge on any atom is -0.387 e. The Morgan fingerprint density at radius 1 is 1.57 bits per heavy atom. The maximum atomic E-state index is 9.97. The van der Waals surface area contributed by atoms with Gasteiger partial charge in [-0.3, -0.25) is 4.90 Å². The first-order chi connectivity index (χ1) is 6.72. The largest absolute Gasteiger partial charge is 0.387 e. The number of likely N-dealkylation sites (tertiary alicyclic amines) is 1. The molecule has 78 valence electrons. The van der Waals surface area contributed by atoms with Crippen LogP contribution in [0.1, 0.15) is 25.3 Å². The van der Waals surface area contributed by atoms with E-state index in [1.165, 1.54) is 5.56 Å². The third kappa shape index (κ3) is 2.16. The van der Waals surface area contributed by atoms with Gasteiger partial charge < -0.3 is 5.11 Å². The standard InChI is InChI=1S/C11H17NOS/c1-2-4-11(13)8-12(9-11)6-10-3-5-14-7-10/h3,5,7,13H,2,4,6,8-9H2,1H3. The lowest BCUT2D eigenvalue weighted by Crippen LogP contribution is -2.60. The van der Waals surface area contributed by atoms with Gasteiger partial charge in [0.15, 0.2) is 0 Å². The zero-order valence-corrected chi connectivity index (χ0v) is 9.39. The SMILES string of the molecule is CCCC1(O)CN(Cc2ccsc2)C1. The molecule has 0 atom stereocenters. The summed E-state index contributed by atoms with van der Waals surface area (Å²) in [6, 6.07) is 2.15. The van der Waals surface area contributed by atoms with Crippen LogP contribution in [-0.4, -0.2) is 28.7 Å². The van der Waals surface area contributed by atoms with E-state index in [4.69, 9.17) is 0 Å². The number of β-amino-alcohol motifs (C(OH)–C–C–N with tert-alkyl or cyclic N) is 1. The lowest BCUT2D eigenvalue weighted by atomic mass is 9.89. The van der Waals surface area contributed by atoms with E-state index in [2.05, 4.69) is 28.7 Å². The summed E-state index contributed by atoms with van der Waals surface area (Å²) < 4.78 is 0. The second kappa shape index (κ2) is 4.01. The first-order valence-corrected chi connectivity index (χ1v) is 6.12. The van der Waals surface area contributed by atoms with Crippen molar-refractivity contribution in [2.45, 2.75) is 31.9 Å². The molecule has 1 aromatic rings. The molecular formula is C11H17NOS. The Hall–Kier alpha value is -0.380. The van der Waals surface area contributed by atoms with Gasteiger partial charge in [-0.2, -0.15) is 11.3 Å². The van der Waals surface area contributed by atoms with E-state index in [9.17, 15) is 5.11 Å². The molecule has 1 aliphatic heterocycles. The molecule has 0 bridgehead atoms. The molecule has 0 radical (unpaired) electrons. The number of hydrogen-bond acceptors (Lipinski definition) is 3. The number of thiophene rings is 1. The molecule has 0 spiro atoms. The molecule has 0 unspecified atom stereocenters. The Kier molecular flexibility index (Phi) is 2.91. The van der Waals surface area contributed by atoms with Gasteiger partial charge in [0.2, 0.25) is 0 Å². The van der Waals surface area contributed by atoms with Gasteiger partial charge in [0.1, 0.15) is 0 Å². The van der Waals surface area contributed by atoms with Crippen molar-refractivity contribution in [2.24, 2.45) is 0 Å². The molecule has 1 fully saturated rings. The van der Waals surface area contributed by atoms with Crippen molar-refractivity contribution in [1.29, 1.82) is 0 Å². The molecule has 1 N–H and O–H groups in total. The van der Waals surface area contributed by atoms with Crippen LogP contribution in [0.15, 0.2) is 16.8 Å². The van der Waals surface area contributed by atoms with Gasteiger partial charge in [-0.05, 0) is 28.8 Å². The average Bonchev–Trinajstić information content (AvgIpc) is 2.54. The lowest BCUT2D eigenvalue weighted by Gasteiger charge is -2.46.